The second-order valence-electron chi connectivity index (χ2n) is 6.64. The largest absolute Gasteiger partial charge is 0.456 e. The van der Waals surface area contributed by atoms with Crippen LogP contribution in [-0.2, 0) is 0 Å². The maximum absolute atomic E-state index is 6.17. The molecule has 4 heteroatoms. The third kappa shape index (κ3) is 2.36. The summed E-state index contributed by atoms with van der Waals surface area (Å²) in [6.07, 6.45) is 0. The van der Waals surface area contributed by atoms with Crippen molar-refractivity contribution in [2.75, 3.05) is 0 Å². The highest BCUT2D eigenvalue weighted by Gasteiger charge is 2.13. The summed E-state index contributed by atoms with van der Waals surface area (Å²) >= 11 is 7.88. The zero-order valence-corrected chi connectivity index (χ0v) is 15.6. The lowest BCUT2D eigenvalue weighted by molar-refractivity contribution is 0.669. The Labute approximate surface area is 163 Å². The SMILES string of the molecule is Clc1ccc2oc3cc4nc(-c5ccc6ccccc6c5)sc4cc3c2c1. The summed E-state index contributed by atoms with van der Waals surface area (Å²) in [5.74, 6) is 0. The number of nitrogens with zero attached hydrogens (tertiary/aromatic N) is 1. The molecule has 0 radical (unpaired) electrons. The van der Waals surface area contributed by atoms with Crippen molar-refractivity contribution in [3.8, 4) is 10.6 Å². The predicted octanol–water partition coefficient (Wildman–Crippen LogP) is 7.67. The second-order valence-corrected chi connectivity index (χ2v) is 8.11. The smallest absolute Gasteiger partial charge is 0.137 e. The van der Waals surface area contributed by atoms with E-state index in [9.17, 15) is 0 Å². The van der Waals surface area contributed by atoms with Gasteiger partial charge >= 0.3 is 0 Å². The van der Waals surface area contributed by atoms with E-state index in [1.54, 1.807) is 11.3 Å². The number of hydrogen-bond acceptors (Lipinski definition) is 3. The standard InChI is InChI=1S/C23H12ClNOS/c24-16-7-8-20-17(10-16)18-11-22-19(12-21(18)26-20)25-23(27-22)15-6-5-13-3-1-2-4-14(13)9-15/h1-12H. The molecule has 4 aromatic carbocycles. The van der Waals surface area contributed by atoms with Crippen molar-refractivity contribution in [2.24, 2.45) is 0 Å². The van der Waals surface area contributed by atoms with Crippen LogP contribution in [0.3, 0.4) is 0 Å². The van der Waals surface area contributed by atoms with E-state index in [1.165, 1.54) is 10.8 Å². The summed E-state index contributed by atoms with van der Waals surface area (Å²) in [5, 5.41) is 6.32. The molecule has 0 saturated heterocycles. The Hall–Kier alpha value is -2.88. The molecular formula is C23H12ClNOS. The molecule has 0 N–H and O–H groups in total. The molecule has 6 aromatic rings. The number of benzene rings is 4. The van der Waals surface area contributed by atoms with Gasteiger partial charge in [0, 0.05) is 27.4 Å². The molecule has 2 nitrogen and oxygen atoms in total. The number of fused-ring (bicyclic) bond motifs is 5. The molecule has 0 amide bonds. The fraction of sp³-hybridized carbons (Fsp3) is 0. The summed E-state index contributed by atoms with van der Waals surface area (Å²) in [6, 6.07) is 24.8. The van der Waals surface area contributed by atoms with E-state index in [1.807, 2.05) is 24.3 Å². The lowest BCUT2D eigenvalue weighted by atomic mass is 10.1. The van der Waals surface area contributed by atoms with Gasteiger partial charge in [-0.2, -0.15) is 0 Å². The highest BCUT2D eigenvalue weighted by molar-refractivity contribution is 7.21. The fourth-order valence-corrected chi connectivity index (χ4v) is 4.77. The highest BCUT2D eigenvalue weighted by atomic mass is 35.5. The zero-order chi connectivity index (χ0) is 18.0. The van der Waals surface area contributed by atoms with E-state index in [4.69, 9.17) is 21.0 Å². The first-order valence-corrected chi connectivity index (χ1v) is 9.86. The van der Waals surface area contributed by atoms with Crippen LogP contribution in [0.5, 0.6) is 0 Å². The Kier molecular flexibility index (Phi) is 3.13. The average molecular weight is 386 g/mol. The van der Waals surface area contributed by atoms with Gasteiger partial charge in [-0.15, -0.1) is 11.3 Å². The summed E-state index contributed by atoms with van der Waals surface area (Å²) in [6.45, 7) is 0. The van der Waals surface area contributed by atoms with E-state index in [-0.39, 0.29) is 0 Å². The van der Waals surface area contributed by atoms with Gasteiger partial charge in [-0.05, 0) is 41.1 Å². The Morgan fingerprint density at radius 2 is 1.63 bits per heavy atom. The molecular weight excluding hydrogens is 374 g/mol. The minimum Gasteiger partial charge on any atom is -0.456 e. The summed E-state index contributed by atoms with van der Waals surface area (Å²) in [5.41, 5.74) is 3.79. The third-order valence-corrected chi connectivity index (χ3v) is 6.24. The molecule has 6 rings (SSSR count). The van der Waals surface area contributed by atoms with Crippen LogP contribution in [0.1, 0.15) is 0 Å². The van der Waals surface area contributed by atoms with Gasteiger partial charge in [0.1, 0.15) is 16.2 Å². The van der Waals surface area contributed by atoms with Crippen LogP contribution in [0.2, 0.25) is 5.02 Å². The number of halogens is 1. The van der Waals surface area contributed by atoms with Crippen molar-refractivity contribution in [3.05, 3.63) is 77.8 Å². The molecule has 27 heavy (non-hydrogen) atoms. The molecule has 0 aliphatic heterocycles. The monoisotopic (exact) mass is 385 g/mol. The van der Waals surface area contributed by atoms with Crippen LogP contribution in [0.15, 0.2) is 77.2 Å². The van der Waals surface area contributed by atoms with Crippen LogP contribution >= 0.6 is 22.9 Å². The van der Waals surface area contributed by atoms with E-state index in [0.29, 0.717) is 5.02 Å². The highest BCUT2D eigenvalue weighted by Crippen LogP contribution is 2.37. The molecule has 0 saturated carbocycles. The van der Waals surface area contributed by atoms with Gasteiger partial charge in [0.05, 0.1) is 10.2 Å². The Morgan fingerprint density at radius 1 is 0.778 bits per heavy atom. The molecule has 0 atom stereocenters. The summed E-state index contributed by atoms with van der Waals surface area (Å²) in [7, 11) is 0. The Bertz CT molecular complexity index is 1490. The van der Waals surface area contributed by atoms with Gasteiger partial charge in [-0.3, -0.25) is 0 Å². The molecule has 2 heterocycles. The molecule has 0 bridgehead atoms. The molecule has 0 aliphatic carbocycles. The van der Waals surface area contributed by atoms with E-state index >= 15 is 0 Å². The number of furan rings is 1. The Balaban J connectivity index is 1.57. The maximum atomic E-state index is 6.17. The van der Waals surface area contributed by atoms with E-state index in [0.717, 1.165) is 42.7 Å². The summed E-state index contributed by atoms with van der Waals surface area (Å²) < 4.78 is 7.14. The molecule has 0 unspecified atom stereocenters. The summed E-state index contributed by atoms with van der Waals surface area (Å²) in [4.78, 5) is 4.86. The molecule has 128 valence electrons. The third-order valence-electron chi connectivity index (χ3n) is 4.94. The van der Waals surface area contributed by atoms with Crippen LogP contribution < -0.4 is 0 Å². The second kappa shape index (κ2) is 5.56. The van der Waals surface area contributed by atoms with Crippen molar-refractivity contribution >= 4 is 65.9 Å². The fourth-order valence-electron chi connectivity index (χ4n) is 3.62. The molecule has 2 aromatic heterocycles. The normalized spacial score (nSPS) is 11.9. The van der Waals surface area contributed by atoms with Crippen molar-refractivity contribution in [1.29, 1.82) is 0 Å². The predicted molar refractivity (Wildman–Crippen MR) is 115 cm³/mol. The number of hydrogen-bond donors (Lipinski definition) is 0. The van der Waals surface area contributed by atoms with Gasteiger partial charge in [-0.25, -0.2) is 4.98 Å². The minimum absolute atomic E-state index is 0.714. The first kappa shape index (κ1) is 15.2. The lowest BCUT2D eigenvalue weighted by Gasteiger charge is -2.00. The van der Waals surface area contributed by atoms with Crippen molar-refractivity contribution in [2.45, 2.75) is 0 Å². The molecule has 0 fully saturated rings. The van der Waals surface area contributed by atoms with Crippen LogP contribution in [0.25, 0.3) is 53.5 Å². The minimum atomic E-state index is 0.714. The average Bonchev–Trinajstić information content (AvgIpc) is 3.26. The van der Waals surface area contributed by atoms with Crippen LogP contribution in [0, 0.1) is 0 Å². The lowest BCUT2D eigenvalue weighted by Crippen LogP contribution is -1.77. The first-order chi connectivity index (χ1) is 13.2. The van der Waals surface area contributed by atoms with Crippen molar-refractivity contribution in [1.82, 2.24) is 4.98 Å². The van der Waals surface area contributed by atoms with Gasteiger partial charge in [0.25, 0.3) is 0 Å². The topological polar surface area (TPSA) is 26.0 Å². The van der Waals surface area contributed by atoms with Crippen LogP contribution in [0.4, 0.5) is 0 Å². The van der Waals surface area contributed by atoms with Gasteiger partial charge in [0.15, 0.2) is 0 Å². The number of thiazole rings is 1. The van der Waals surface area contributed by atoms with Gasteiger partial charge in [-0.1, -0.05) is 48.0 Å². The van der Waals surface area contributed by atoms with Crippen LogP contribution in [-0.4, -0.2) is 4.98 Å². The van der Waals surface area contributed by atoms with Crippen molar-refractivity contribution in [3.63, 3.8) is 0 Å². The van der Waals surface area contributed by atoms with Gasteiger partial charge < -0.3 is 4.42 Å². The number of rotatable bonds is 1. The van der Waals surface area contributed by atoms with Gasteiger partial charge in [0.2, 0.25) is 0 Å². The first-order valence-electron chi connectivity index (χ1n) is 8.66. The quantitative estimate of drug-likeness (QED) is 0.290. The van der Waals surface area contributed by atoms with E-state index in [2.05, 4.69) is 48.5 Å². The molecule has 0 spiro atoms. The maximum Gasteiger partial charge on any atom is 0.137 e. The molecule has 0 aliphatic rings. The Morgan fingerprint density at radius 3 is 2.56 bits per heavy atom. The van der Waals surface area contributed by atoms with Crippen molar-refractivity contribution < 1.29 is 4.42 Å². The zero-order valence-electron chi connectivity index (χ0n) is 14.1. The van der Waals surface area contributed by atoms with E-state index < -0.39 is 0 Å². The number of aromatic nitrogens is 1.